The minimum Gasteiger partial charge on any atom is -0.468 e. The van der Waals surface area contributed by atoms with E-state index in [1.54, 1.807) is 36.5 Å². The lowest BCUT2D eigenvalue weighted by atomic mass is 9.64. The van der Waals surface area contributed by atoms with Gasteiger partial charge in [0.05, 0.1) is 30.7 Å². The maximum absolute atomic E-state index is 14.3. The predicted molar refractivity (Wildman–Crippen MR) is 140 cm³/mol. The topological polar surface area (TPSA) is 94.2 Å². The van der Waals surface area contributed by atoms with Gasteiger partial charge in [-0.1, -0.05) is 60.1 Å². The number of benzene rings is 2. The van der Waals surface area contributed by atoms with Crippen molar-refractivity contribution < 1.29 is 14.3 Å². The Hall–Kier alpha value is -3.33. The standard InChI is InChI=1S/C28H24BrN3O3S/c1-18(2)22-13-14-32-25(33)27(26(34)35-3,17-36-21-7-5-4-6-8-21)24(19-9-11-20(29)12-10-19)28(32,16-31)23(22)15-30/h4-14,18,24H,17H2,1-3H3/t24-,27-,28+/m1/s1. The normalized spacial score (nSPS) is 24.9. The molecule has 8 heteroatoms. The van der Waals surface area contributed by atoms with Crippen LogP contribution < -0.4 is 0 Å². The van der Waals surface area contributed by atoms with Crippen molar-refractivity contribution in [1.29, 1.82) is 10.5 Å². The Bertz CT molecular complexity index is 1340. The van der Waals surface area contributed by atoms with Gasteiger partial charge in [0.25, 0.3) is 0 Å². The summed E-state index contributed by atoms with van der Waals surface area (Å²) in [6.45, 7) is 3.87. The van der Waals surface area contributed by atoms with Crippen LogP contribution in [0.3, 0.4) is 0 Å². The van der Waals surface area contributed by atoms with Crippen LogP contribution >= 0.6 is 27.7 Å². The van der Waals surface area contributed by atoms with Gasteiger partial charge in [-0.15, -0.1) is 11.8 Å². The van der Waals surface area contributed by atoms with Crippen molar-refractivity contribution in [3.05, 3.63) is 88.1 Å². The first-order valence-electron chi connectivity index (χ1n) is 11.4. The lowest BCUT2D eigenvalue weighted by molar-refractivity contribution is -0.157. The molecule has 2 aliphatic rings. The fourth-order valence-corrected chi connectivity index (χ4v) is 6.61. The highest BCUT2D eigenvalue weighted by Crippen LogP contribution is 2.60. The predicted octanol–water partition coefficient (Wildman–Crippen LogP) is 5.59. The van der Waals surface area contributed by atoms with E-state index in [2.05, 4.69) is 28.1 Å². The van der Waals surface area contributed by atoms with Gasteiger partial charge in [0, 0.05) is 21.3 Å². The van der Waals surface area contributed by atoms with E-state index in [-0.39, 0.29) is 17.2 Å². The van der Waals surface area contributed by atoms with Crippen molar-refractivity contribution in [2.45, 2.75) is 30.2 Å². The number of hydrogen-bond acceptors (Lipinski definition) is 6. The van der Waals surface area contributed by atoms with E-state index in [0.717, 1.165) is 9.37 Å². The van der Waals surface area contributed by atoms with Crippen molar-refractivity contribution in [3.63, 3.8) is 0 Å². The highest BCUT2D eigenvalue weighted by atomic mass is 79.9. The van der Waals surface area contributed by atoms with E-state index in [9.17, 15) is 20.1 Å². The molecule has 0 aromatic heterocycles. The van der Waals surface area contributed by atoms with Crippen molar-refractivity contribution >= 4 is 39.6 Å². The zero-order valence-electron chi connectivity index (χ0n) is 20.1. The number of rotatable bonds is 6. The van der Waals surface area contributed by atoms with Crippen LogP contribution in [0.5, 0.6) is 0 Å². The van der Waals surface area contributed by atoms with Gasteiger partial charge in [-0.25, -0.2) is 0 Å². The third-order valence-corrected chi connectivity index (χ3v) is 8.56. The summed E-state index contributed by atoms with van der Waals surface area (Å²) in [6.07, 6.45) is 3.25. The number of halogens is 1. The molecule has 0 saturated carbocycles. The Balaban J connectivity index is 2.05. The molecule has 1 saturated heterocycles. The number of esters is 1. The summed E-state index contributed by atoms with van der Waals surface area (Å²) in [6, 6.07) is 21.2. The van der Waals surface area contributed by atoms with Gasteiger partial charge in [0.1, 0.15) is 0 Å². The molecule has 2 aromatic rings. The number of nitrogens with zero attached hydrogens (tertiary/aromatic N) is 3. The Morgan fingerprint density at radius 2 is 1.83 bits per heavy atom. The molecule has 0 aliphatic carbocycles. The van der Waals surface area contributed by atoms with E-state index in [1.807, 2.05) is 44.2 Å². The maximum Gasteiger partial charge on any atom is 0.323 e. The smallest absolute Gasteiger partial charge is 0.323 e. The number of thioether (sulfide) groups is 1. The average Bonchev–Trinajstić information content (AvgIpc) is 3.13. The molecule has 2 aromatic carbocycles. The summed E-state index contributed by atoms with van der Waals surface area (Å²) < 4.78 is 6.08. The summed E-state index contributed by atoms with van der Waals surface area (Å²) in [4.78, 5) is 30.2. The Morgan fingerprint density at radius 3 is 2.39 bits per heavy atom. The highest BCUT2D eigenvalue weighted by Gasteiger charge is 2.73. The van der Waals surface area contributed by atoms with Gasteiger partial charge < -0.3 is 4.74 Å². The monoisotopic (exact) mass is 561 g/mol. The van der Waals surface area contributed by atoms with Gasteiger partial charge in [0.15, 0.2) is 11.0 Å². The van der Waals surface area contributed by atoms with Crippen LogP contribution in [0.15, 0.2) is 87.4 Å². The molecule has 1 fully saturated rings. The van der Waals surface area contributed by atoms with Crippen molar-refractivity contribution in [1.82, 2.24) is 4.90 Å². The van der Waals surface area contributed by atoms with Gasteiger partial charge in [-0.2, -0.15) is 10.5 Å². The summed E-state index contributed by atoms with van der Waals surface area (Å²) in [5.74, 6) is -2.32. The molecule has 0 radical (unpaired) electrons. The van der Waals surface area contributed by atoms with Gasteiger partial charge in [-0.05, 0) is 47.4 Å². The number of methoxy groups -OCH3 is 1. The second-order valence-corrected chi connectivity index (χ2v) is 11.0. The van der Waals surface area contributed by atoms with Gasteiger partial charge in [0.2, 0.25) is 5.91 Å². The van der Waals surface area contributed by atoms with E-state index in [0.29, 0.717) is 11.1 Å². The molecule has 0 spiro atoms. The van der Waals surface area contributed by atoms with Crippen molar-refractivity contribution in [2.24, 2.45) is 11.3 Å². The molecule has 3 atom stereocenters. The third kappa shape index (κ3) is 3.77. The molecule has 0 N–H and O–H groups in total. The summed E-state index contributed by atoms with van der Waals surface area (Å²) in [5.41, 5.74) is -2.02. The Labute approximate surface area is 223 Å². The minimum atomic E-state index is -1.75. The number of carbonyl (C=O) groups is 2. The molecule has 6 nitrogen and oxygen atoms in total. The summed E-state index contributed by atoms with van der Waals surface area (Å²) in [5, 5.41) is 21.2. The zero-order valence-corrected chi connectivity index (χ0v) is 22.5. The Morgan fingerprint density at radius 1 is 1.17 bits per heavy atom. The van der Waals surface area contributed by atoms with Gasteiger partial charge >= 0.3 is 5.97 Å². The van der Waals surface area contributed by atoms with E-state index in [4.69, 9.17) is 4.74 Å². The Kier molecular flexibility index (Phi) is 7.13. The second kappa shape index (κ2) is 9.97. The molecular formula is C28H24BrN3O3S. The molecule has 1 amide bonds. The first-order valence-corrected chi connectivity index (χ1v) is 13.2. The summed E-state index contributed by atoms with van der Waals surface area (Å²) in [7, 11) is 1.25. The maximum atomic E-state index is 14.3. The molecule has 36 heavy (non-hydrogen) atoms. The average molecular weight is 562 g/mol. The largest absolute Gasteiger partial charge is 0.468 e. The molecule has 4 rings (SSSR count). The summed E-state index contributed by atoms with van der Waals surface area (Å²) >= 11 is 4.79. The molecule has 182 valence electrons. The number of carbonyl (C=O) groups excluding carboxylic acids is 2. The molecule has 2 aliphatic heterocycles. The number of amides is 1. The molecule has 2 heterocycles. The van der Waals surface area contributed by atoms with Crippen LogP contribution in [0, 0.1) is 34.0 Å². The van der Waals surface area contributed by atoms with Crippen molar-refractivity contribution in [3.8, 4) is 12.1 Å². The quantitative estimate of drug-likeness (QED) is 0.259. The van der Waals surface area contributed by atoms with Crippen LogP contribution in [-0.2, 0) is 14.3 Å². The van der Waals surface area contributed by atoms with Crippen LogP contribution in [0.2, 0.25) is 0 Å². The van der Waals surface area contributed by atoms with Crippen LogP contribution in [0.25, 0.3) is 0 Å². The fraction of sp³-hybridized carbons (Fsp3) is 0.286. The molecule has 0 unspecified atom stereocenters. The van der Waals surface area contributed by atoms with E-state index >= 15 is 0 Å². The first-order chi connectivity index (χ1) is 17.3. The van der Waals surface area contributed by atoms with Gasteiger partial charge in [-0.3, -0.25) is 14.5 Å². The minimum absolute atomic E-state index is 0.0345. The lowest BCUT2D eigenvalue weighted by Crippen LogP contribution is -2.49. The lowest BCUT2D eigenvalue weighted by Gasteiger charge is -2.39. The van der Waals surface area contributed by atoms with Crippen molar-refractivity contribution in [2.75, 3.05) is 12.9 Å². The molecule has 0 bridgehead atoms. The number of ether oxygens (including phenoxy) is 1. The van der Waals surface area contributed by atoms with Crippen LogP contribution in [0.4, 0.5) is 0 Å². The highest BCUT2D eigenvalue weighted by molar-refractivity contribution is 9.10. The van der Waals surface area contributed by atoms with Crippen LogP contribution in [-0.4, -0.2) is 35.2 Å². The van der Waals surface area contributed by atoms with Crippen LogP contribution in [0.1, 0.15) is 25.3 Å². The number of hydrogen-bond donors (Lipinski definition) is 0. The number of allylic oxidation sites excluding steroid dienone is 2. The number of fused-ring (bicyclic) bond motifs is 1. The first kappa shape index (κ1) is 25.8. The zero-order chi connectivity index (χ0) is 26.1. The number of nitriles is 2. The SMILES string of the molecule is COC(=O)[C@@]1(CSc2ccccc2)C(=O)N2C=CC(C(C)C)=C(C#N)[C@@]2(C#N)[C@@H]1c1ccc(Br)cc1. The van der Waals surface area contributed by atoms with E-state index < -0.39 is 28.7 Å². The second-order valence-electron chi connectivity index (χ2n) is 9.02. The van der Waals surface area contributed by atoms with E-state index in [1.165, 1.54) is 23.8 Å². The fourth-order valence-electron chi connectivity index (χ4n) is 5.19. The molecular weight excluding hydrogens is 538 g/mol. The third-order valence-electron chi connectivity index (χ3n) is 6.83.